The first kappa shape index (κ1) is 19.2. The van der Waals surface area contributed by atoms with Gasteiger partial charge in [0.25, 0.3) is 5.91 Å². The molecule has 10 heteroatoms. The number of halogens is 1. The number of benzene rings is 1. The van der Waals surface area contributed by atoms with Gasteiger partial charge in [-0.15, -0.1) is 12.4 Å². The van der Waals surface area contributed by atoms with Crippen molar-refractivity contribution in [1.82, 2.24) is 10.2 Å². The summed E-state index contributed by atoms with van der Waals surface area (Å²) in [4.78, 5) is 22.8. The fourth-order valence-electron chi connectivity index (χ4n) is 2.15. The molecule has 130 valence electrons. The molecule has 0 bridgehead atoms. The van der Waals surface area contributed by atoms with E-state index in [4.69, 9.17) is 10.5 Å². The minimum absolute atomic E-state index is 0. The van der Waals surface area contributed by atoms with E-state index < -0.39 is 10.8 Å². The molecule has 1 amide bonds. The summed E-state index contributed by atoms with van der Waals surface area (Å²) in [5, 5.41) is 20.1. The lowest BCUT2D eigenvalue weighted by molar-refractivity contribution is -0.385. The maximum absolute atomic E-state index is 12.3. The van der Waals surface area contributed by atoms with Crippen molar-refractivity contribution in [3.63, 3.8) is 0 Å². The summed E-state index contributed by atoms with van der Waals surface area (Å²) in [7, 11) is 1.48. The molecule has 0 saturated heterocycles. The van der Waals surface area contributed by atoms with Crippen molar-refractivity contribution in [2.75, 3.05) is 18.2 Å². The second-order valence-electron chi connectivity index (χ2n) is 4.82. The van der Waals surface area contributed by atoms with E-state index in [1.165, 1.54) is 13.2 Å². The first-order valence-electron chi connectivity index (χ1n) is 6.94. The molecule has 2 rings (SSSR count). The Bertz CT molecular complexity index is 747. The van der Waals surface area contributed by atoms with Gasteiger partial charge in [0.15, 0.2) is 0 Å². The number of carbonyl (C=O) groups excluding carboxylic acids is 1. The lowest BCUT2D eigenvalue weighted by Gasteiger charge is -2.07. The summed E-state index contributed by atoms with van der Waals surface area (Å²) in [5.74, 6) is -0.209. The van der Waals surface area contributed by atoms with E-state index in [0.717, 1.165) is 0 Å². The number of nitrogens with two attached hydrogens (primary N) is 1. The van der Waals surface area contributed by atoms with Gasteiger partial charge in [0, 0.05) is 5.69 Å². The molecule has 0 unspecified atom stereocenters. The molecule has 0 aliphatic carbocycles. The van der Waals surface area contributed by atoms with Crippen molar-refractivity contribution >= 4 is 35.4 Å². The molecule has 0 spiro atoms. The zero-order valence-electron chi connectivity index (χ0n) is 13.2. The number of hydrogen-bond donors (Lipinski definition) is 3. The zero-order chi connectivity index (χ0) is 17.0. The summed E-state index contributed by atoms with van der Waals surface area (Å²) in [6.07, 6.45) is 1.13. The smallest absolute Gasteiger partial charge is 0.322 e. The van der Waals surface area contributed by atoms with Gasteiger partial charge in [0.05, 0.1) is 17.7 Å². The Balaban J connectivity index is 0.00000288. The number of anilines is 2. The van der Waals surface area contributed by atoms with Crippen LogP contribution in [0, 0.1) is 10.1 Å². The molecule has 0 radical (unpaired) electrons. The fourth-order valence-corrected chi connectivity index (χ4v) is 2.15. The number of nitro groups is 1. The first-order chi connectivity index (χ1) is 11.0. The Morgan fingerprint density at radius 1 is 1.50 bits per heavy atom. The van der Waals surface area contributed by atoms with E-state index in [1.54, 1.807) is 12.1 Å². The van der Waals surface area contributed by atoms with Crippen molar-refractivity contribution in [3.05, 3.63) is 39.7 Å². The third-order valence-corrected chi connectivity index (χ3v) is 3.20. The van der Waals surface area contributed by atoms with E-state index in [9.17, 15) is 14.9 Å². The van der Waals surface area contributed by atoms with Crippen molar-refractivity contribution in [3.8, 4) is 5.75 Å². The average Bonchev–Trinajstić information content (AvgIpc) is 2.92. The van der Waals surface area contributed by atoms with Crippen LogP contribution in [-0.4, -0.2) is 28.1 Å². The maximum Gasteiger partial charge on any atom is 0.322 e. The molecule has 0 fully saturated rings. The minimum atomic E-state index is -0.681. The van der Waals surface area contributed by atoms with Crippen LogP contribution in [0.4, 0.5) is 17.1 Å². The predicted molar refractivity (Wildman–Crippen MR) is 91.8 cm³/mol. The van der Waals surface area contributed by atoms with Crippen LogP contribution in [-0.2, 0) is 6.42 Å². The van der Waals surface area contributed by atoms with Crippen molar-refractivity contribution in [2.45, 2.75) is 19.8 Å². The Morgan fingerprint density at radius 3 is 2.75 bits per heavy atom. The van der Waals surface area contributed by atoms with Crippen LogP contribution < -0.4 is 15.8 Å². The van der Waals surface area contributed by atoms with E-state index in [2.05, 4.69) is 15.5 Å². The van der Waals surface area contributed by atoms with Crippen LogP contribution in [0.5, 0.6) is 5.75 Å². The van der Waals surface area contributed by atoms with Gasteiger partial charge in [-0.25, -0.2) is 0 Å². The average molecular weight is 356 g/mol. The molecule has 1 aromatic carbocycles. The quantitative estimate of drug-likeness (QED) is 0.413. The van der Waals surface area contributed by atoms with Gasteiger partial charge in [0.2, 0.25) is 5.69 Å². The number of aromatic amines is 1. The van der Waals surface area contributed by atoms with Crippen molar-refractivity contribution < 1.29 is 14.5 Å². The topological polar surface area (TPSA) is 136 Å². The number of nitrogens with zero attached hydrogens (tertiary/aromatic N) is 2. The van der Waals surface area contributed by atoms with Crippen LogP contribution in [0.25, 0.3) is 0 Å². The van der Waals surface area contributed by atoms with Gasteiger partial charge in [0.1, 0.15) is 11.4 Å². The molecule has 4 N–H and O–H groups in total. The number of carbonyl (C=O) groups is 1. The number of hydrogen-bond acceptors (Lipinski definition) is 6. The van der Waals surface area contributed by atoms with Crippen LogP contribution in [0.15, 0.2) is 18.2 Å². The van der Waals surface area contributed by atoms with Crippen molar-refractivity contribution in [2.24, 2.45) is 0 Å². The number of aryl methyl sites for hydroxylation is 1. The summed E-state index contributed by atoms with van der Waals surface area (Å²) in [6.45, 7) is 1.88. The number of aromatic nitrogens is 2. The monoisotopic (exact) mass is 355 g/mol. The molecule has 24 heavy (non-hydrogen) atoms. The zero-order valence-corrected chi connectivity index (χ0v) is 14.0. The number of methoxy groups -OCH3 is 1. The highest BCUT2D eigenvalue weighted by molar-refractivity contribution is 6.06. The van der Waals surface area contributed by atoms with Crippen LogP contribution in [0.3, 0.4) is 0 Å². The normalized spacial score (nSPS) is 9.92. The number of amides is 1. The number of rotatable bonds is 6. The molecule has 0 atom stereocenters. The van der Waals surface area contributed by atoms with Gasteiger partial charge in [-0.3, -0.25) is 20.0 Å². The van der Waals surface area contributed by atoms with Crippen molar-refractivity contribution in [1.29, 1.82) is 0 Å². The number of ether oxygens (including phenoxy) is 1. The molecule has 0 saturated carbocycles. The molecule has 1 heterocycles. The van der Waals surface area contributed by atoms with E-state index >= 15 is 0 Å². The maximum atomic E-state index is 12.3. The third kappa shape index (κ3) is 3.93. The lowest BCUT2D eigenvalue weighted by Crippen LogP contribution is -2.14. The SMILES string of the molecule is CCCc1[nH]nc(C(=O)Nc2ccc(OC)c(N)c2)c1[N+](=O)[O-].Cl. The minimum Gasteiger partial charge on any atom is -0.495 e. The number of nitrogen functional groups attached to an aromatic ring is 1. The Hall–Kier alpha value is -2.81. The Kier molecular flexibility index (Phi) is 6.54. The number of H-pyrrole nitrogens is 1. The highest BCUT2D eigenvalue weighted by Gasteiger charge is 2.28. The highest BCUT2D eigenvalue weighted by Crippen LogP contribution is 2.26. The second-order valence-corrected chi connectivity index (χ2v) is 4.82. The molecular weight excluding hydrogens is 338 g/mol. The standard InChI is InChI=1S/C14H17N5O4.ClH/c1-3-4-10-13(19(21)22)12(18-17-10)14(20)16-8-5-6-11(23-2)9(15)7-8;/h5-7H,3-4,15H2,1-2H3,(H,16,20)(H,17,18);1H. The lowest BCUT2D eigenvalue weighted by atomic mass is 10.2. The summed E-state index contributed by atoms with van der Waals surface area (Å²) >= 11 is 0. The van der Waals surface area contributed by atoms with E-state index in [0.29, 0.717) is 35.7 Å². The van der Waals surface area contributed by atoms with E-state index in [1.807, 2.05) is 6.92 Å². The largest absolute Gasteiger partial charge is 0.495 e. The molecular formula is C14H18ClN5O4. The van der Waals surface area contributed by atoms with Gasteiger partial charge >= 0.3 is 5.69 Å². The molecule has 0 aliphatic rings. The van der Waals surface area contributed by atoms with Gasteiger partial charge in [-0.05, 0) is 24.6 Å². The summed E-state index contributed by atoms with van der Waals surface area (Å²) in [5.41, 5.74) is 6.27. The third-order valence-electron chi connectivity index (χ3n) is 3.20. The van der Waals surface area contributed by atoms with Crippen LogP contribution in [0.1, 0.15) is 29.5 Å². The molecule has 9 nitrogen and oxygen atoms in total. The summed E-state index contributed by atoms with van der Waals surface area (Å²) < 4.78 is 5.03. The van der Waals surface area contributed by atoms with Crippen LogP contribution in [0.2, 0.25) is 0 Å². The highest BCUT2D eigenvalue weighted by atomic mass is 35.5. The molecule has 0 aliphatic heterocycles. The molecule has 1 aromatic heterocycles. The Labute approximate surface area is 144 Å². The summed E-state index contributed by atoms with van der Waals surface area (Å²) in [6, 6.07) is 4.67. The Morgan fingerprint density at radius 2 is 2.21 bits per heavy atom. The van der Waals surface area contributed by atoms with Gasteiger partial charge < -0.3 is 15.8 Å². The van der Waals surface area contributed by atoms with Crippen LogP contribution >= 0.6 is 12.4 Å². The molecule has 2 aromatic rings. The van der Waals surface area contributed by atoms with E-state index in [-0.39, 0.29) is 23.8 Å². The number of nitrogens with one attached hydrogen (secondary N) is 2. The predicted octanol–water partition coefficient (Wildman–Crippen LogP) is 2.54. The van der Waals surface area contributed by atoms with Gasteiger partial charge in [-0.2, -0.15) is 5.10 Å². The first-order valence-corrected chi connectivity index (χ1v) is 6.94. The second kappa shape index (κ2) is 8.16. The fraction of sp³-hybridized carbons (Fsp3) is 0.286. The van der Waals surface area contributed by atoms with Gasteiger partial charge in [-0.1, -0.05) is 13.3 Å².